The average Bonchev–Trinajstić information content (AvgIpc) is 2.67. The number of rotatable bonds is 4. The van der Waals surface area contributed by atoms with Crippen LogP contribution in [0.4, 0.5) is 5.69 Å². The van der Waals surface area contributed by atoms with Gasteiger partial charge in [0.05, 0.1) is 21.2 Å². The molecule has 1 amide bonds. The van der Waals surface area contributed by atoms with E-state index in [0.29, 0.717) is 30.6 Å². The van der Waals surface area contributed by atoms with Gasteiger partial charge in [-0.1, -0.05) is 43.6 Å². The minimum Gasteiger partial charge on any atom is -0.338 e. The number of halogens is 1. The Morgan fingerprint density at radius 3 is 2.29 bits per heavy atom. The average molecular weight is 421 g/mol. The van der Waals surface area contributed by atoms with Crippen molar-refractivity contribution in [2.45, 2.75) is 25.2 Å². The Bertz CT molecular complexity index is 953. The van der Waals surface area contributed by atoms with E-state index in [9.17, 15) is 13.2 Å². The molecule has 0 unspecified atom stereocenters. The molecule has 1 aliphatic heterocycles. The van der Waals surface area contributed by atoms with E-state index >= 15 is 0 Å². The standard InChI is InChI=1S/C21H25ClN2O3S/c1-15-11-16(2)14-24(13-15)21(25)19-12-18(9-10-20(19)22)28(26,27)23(3)17-7-5-4-6-8-17/h4-10,12,15-16H,11,13-14H2,1-3H3/t15-,16+. The number of hydrogen-bond donors (Lipinski definition) is 0. The molecular weight excluding hydrogens is 396 g/mol. The normalized spacial score (nSPS) is 20.1. The fourth-order valence-corrected chi connectivity index (χ4v) is 5.18. The number of para-hydroxylation sites is 1. The van der Waals surface area contributed by atoms with Gasteiger partial charge in [-0.2, -0.15) is 0 Å². The van der Waals surface area contributed by atoms with Gasteiger partial charge >= 0.3 is 0 Å². The highest BCUT2D eigenvalue weighted by Gasteiger charge is 2.29. The molecule has 3 rings (SSSR count). The molecule has 1 fully saturated rings. The molecule has 2 aromatic carbocycles. The number of piperidine rings is 1. The minimum atomic E-state index is -3.81. The van der Waals surface area contributed by atoms with Crippen LogP contribution in [-0.4, -0.2) is 39.4 Å². The number of amides is 1. The van der Waals surface area contributed by atoms with E-state index in [4.69, 9.17) is 11.6 Å². The second-order valence-electron chi connectivity index (χ2n) is 7.61. The van der Waals surface area contributed by atoms with Crippen molar-refractivity contribution in [1.82, 2.24) is 4.90 Å². The number of hydrogen-bond acceptors (Lipinski definition) is 3. The zero-order chi connectivity index (χ0) is 20.5. The van der Waals surface area contributed by atoms with Crippen molar-refractivity contribution in [3.63, 3.8) is 0 Å². The summed E-state index contributed by atoms with van der Waals surface area (Å²) in [6.07, 6.45) is 1.08. The van der Waals surface area contributed by atoms with Gasteiger partial charge in [-0.05, 0) is 48.6 Å². The number of benzene rings is 2. The van der Waals surface area contributed by atoms with Crippen LogP contribution in [0.5, 0.6) is 0 Å². The Labute approximate surface area is 172 Å². The molecule has 150 valence electrons. The maximum absolute atomic E-state index is 13.1. The van der Waals surface area contributed by atoms with Gasteiger partial charge in [-0.3, -0.25) is 9.10 Å². The third-order valence-electron chi connectivity index (χ3n) is 5.10. The number of carbonyl (C=O) groups is 1. The summed E-state index contributed by atoms with van der Waals surface area (Å²) >= 11 is 6.27. The van der Waals surface area contributed by atoms with Crippen molar-refractivity contribution in [3.05, 3.63) is 59.1 Å². The molecule has 0 aromatic heterocycles. The van der Waals surface area contributed by atoms with Gasteiger partial charge in [0, 0.05) is 20.1 Å². The Morgan fingerprint density at radius 2 is 1.68 bits per heavy atom. The maximum Gasteiger partial charge on any atom is 0.264 e. The molecule has 0 aliphatic carbocycles. The number of carbonyl (C=O) groups excluding carboxylic acids is 1. The van der Waals surface area contributed by atoms with Crippen molar-refractivity contribution < 1.29 is 13.2 Å². The van der Waals surface area contributed by atoms with Crippen LogP contribution < -0.4 is 4.31 Å². The molecule has 2 atom stereocenters. The van der Waals surface area contributed by atoms with Crippen LogP contribution in [0, 0.1) is 11.8 Å². The number of nitrogens with zero attached hydrogens (tertiary/aromatic N) is 2. The van der Waals surface area contributed by atoms with E-state index in [1.54, 1.807) is 29.2 Å². The van der Waals surface area contributed by atoms with E-state index in [1.807, 2.05) is 6.07 Å². The molecule has 28 heavy (non-hydrogen) atoms. The third kappa shape index (κ3) is 4.18. The number of sulfonamides is 1. The van der Waals surface area contributed by atoms with E-state index in [1.165, 1.54) is 29.6 Å². The molecule has 0 spiro atoms. The van der Waals surface area contributed by atoms with Gasteiger partial charge in [0.25, 0.3) is 15.9 Å². The molecule has 1 saturated heterocycles. The lowest BCUT2D eigenvalue weighted by Crippen LogP contribution is -2.42. The summed E-state index contributed by atoms with van der Waals surface area (Å²) < 4.78 is 27.3. The largest absolute Gasteiger partial charge is 0.338 e. The number of anilines is 1. The second kappa shape index (κ2) is 8.13. The van der Waals surface area contributed by atoms with E-state index < -0.39 is 10.0 Å². The smallest absolute Gasteiger partial charge is 0.264 e. The zero-order valence-corrected chi connectivity index (χ0v) is 17.9. The molecule has 5 nitrogen and oxygen atoms in total. The van der Waals surface area contributed by atoms with Crippen molar-refractivity contribution in [1.29, 1.82) is 0 Å². The first kappa shape index (κ1) is 20.7. The highest BCUT2D eigenvalue weighted by atomic mass is 35.5. The molecule has 2 aromatic rings. The lowest BCUT2D eigenvalue weighted by atomic mass is 9.91. The summed E-state index contributed by atoms with van der Waals surface area (Å²) in [6.45, 7) is 5.54. The summed E-state index contributed by atoms with van der Waals surface area (Å²) in [7, 11) is -2.32. The SMILES string of the molecule is C[C@@H]1C[C@H](C)CN(C(=O)c2cc(S(=O)(=O)N(C)c3ccccc3)ccc2Cl)C1. The van der Waals surface area contributed by atoms with Crippen LogP contribution in [0.15, 0.2) is 53.4 Å². The summed E-state index contributed by atoms with van der Waals surface area (Å²) in [5.74, 6) is 0.591. The summed E-state index contributed by atoms with van der Waals surface area (Å²) in [5.41, 5.74) is 0.773. The fraction of sp³-hybridized carbons (Fsp3) is 0.381. The van der Waals surface area contributed by atoms with Crippen LogP contribution >= 0.6 is 11.6 Å². The van der Waals surface area contributed by atoms with Gasteiger partial charge in [0.1, 0.15) is 0 Å². The zero-order valence-electron chi connectivity index (χ0n) is 16.3. The van der Waals surface area contributed by atoms with E-state index in [0.717, 1.165) is 6.42 Å². The summed E-state index contributed by atoms with van der Waals surface area (Å²) in [6, 6.07) is 13.1. The first-order valence-corrected chi connectivity index (χ1v) is 11.1. The van der Waals surface area contributed by atoms with E-state index in [2.05, 4.69) is 13.8 Å². The van der Waals surface area contributed by atoms with Crippen LogP contribution in [-0.2, 0) is 10.0 Å². The topological polar surface area (TPSA) is 57.7 Å². The fourth-order valence-electron chi connectivity index (χ4n) is 3.76. The van der Waals surface area contributed by atoms with Crippen molar-refractivity contribution in [3.8, 4) is 0 Å². The highest BCUT2D eigenvalue weighted by molar-refractivity contribution is 7.92. The van der Waals surface area contributed by atoms with Crippen LogP contribution in [0.25, 0.3) is 0 Å². The molecule has 0 bridgehead atoms. The molecular formula is C21H25ClN2O3S. The Morgan fingerprint density at radius 1 is 1.07 bits per heavy atom. The first-order chi connectivity index (χ1) is 13.2. The van der Waals surface area contributed by atoms with Gasteiger partial charge in [0.2, 0.25) is 0 Å². The van der Waals surface area contributed by atoms with E-state index in [-0.39, 0.29) is 21.4 Å². The van der Waals surface area contributed by atoms with Crippen molar-refractivity contribution >= 4 is 33.2 Å². The van der Waals surface area contributed by atoms with Gasteiger partial charge in [-0.15, -0.1) is 0 Å². The third-order valence-corrected chi connectivity index (χ3v) is 7.21. The first-order valence-electron chi connectivity index (χ1n) is 9.33. The molecule has 0 radical (unpaired) electrons. The lowest BCUT2D eigenvalue weighted by Gasteiger charge is -2.35. The molecule has 1 heterocycles. The minimum absolute atomic E-state index is 0.0460. The number of likely N-dealkylation sites (tertiary alicyclic amines) is 1. The second-order valence-corrected chi connectivity index (χ2v) is 9.98. The predicted octanol–water partition coefficient (Wildman–Crippen LogP) is 4.28. The van der Waals surface area contributed by atoms with Crippen molar-refractivity contribution in [2.24, 2.45) is 11.8 Å². The molecule has 0 saturated carbocycles. The van der Waals surface area contributed by atoms with Gasteiger partial charge in [0.15, 0.2) is 0 Å². The predicted molar refractivity (Wildman–Crippen MR) is 112 cm³/mol. The molecule has 7 heteroatoms. The summed E-state index contributed by atoms with van der Waals surface area (Å²) in [5, 5.41) is 0.261. The Balaban J connectivity index is 1.94. The van der Waals surface area contributed by atoms with Crippen LogP contribution in [0.3, 0.4) is 0 Å². The summed E-state index contributed by atoms with van der Waals surface area (Å²) in [4.78, 5) is 14.9. The molecule has 1 aliphatic rings. The van der Waals surface area contributed by atoms with Crippen LogP contribution in [0.2, 0.25) is 5.02 Å². The maximum atomic E-state index is 13.1. The monoisotopic (exact) mass is 420 g/mol. The highest BCUT2D eigenvalue weighted by Crippen LogP contribution is 2.28. The van der Waals surface area contributed by atoms with Gasteiger partial charge < -0.3 is 4.90 Å². The van der Waals surface area contributed by atoms with Crippen LogP contribution in [0.1, 0.15) is 30.6 Å². The van der Waals surface area contributed by atoms with Crippen molar-refractivity contribution in [2.75, 3.05) is 24.4 Å². The Hall–Kier alpha value is -2.05. The molecule has 0 N–H and O–H groups in total. The lowest BCUT2D eigenvalue weighted by molar-refractivity contribution is 0.0623. The quantitative estimate of drug-likeness (QED) is 0.741. The Kier molecular flexibility index (Phi) is 6.01. The van der Waals surface area contributed by atoms with Gasteiger partial charge in [-0.25, -0.2) is 8.42 Å².